The van der Waals surface area contributed by atoms with E-state index in [2.05, 4.69) is 27.8 Å². The first-order valence-corrected chi connectivity index (χ1v) is 11.2. The van der Waals surface area contributed by atoms with Crippen LogP contribution < -0.4 is 20.9 Å². The fraction of sp³-hybridized carbons (Fsp3) is 0.652. The van der Waals surface area contributed by atoms with Crippen molar-refractivity contribution in [3.8, 4) is 0 Å². The van der Waals surface area contributed by atoms with Gasteiger partial charge in [-0.15, -0.1) is 0 Å². The van der Waals surface area contributed by atoms with Crippen LogP contribution in [0.4, 0.5) is 16.2 Å². The maximum Gasteiger partial charge on any atom is 0.319 e. The predicted molar refractivity (Wildman–Crippen MR) is 119 cm³/mol. The second-order valence-corrected chi connectivity index (χ2v) is 8.96. The summed E-state index contributed by atoms with van der Waals surface area (Å²) in [7, 11) is 0. The Morgan fingerprint density at radius 1 is 1.03 bits per heavy atom. The molecule has 1 heterocycles. The molecule has 1 saturated carbocycles. The molecule has 0 bridgehead atoms. The maximum absolute atomic E-state index is 12.9. The fourth-order valence-electron chi connectivity index (χ4n) is 4.26. The van der Waals surface area contributed by atoms with Gasteiger partial charge >= 0.3 is 6.03 Å². The summed E-state index contributed by atoms with van der Waals surface area (Å²) < 4.78 is 0. The van der Waals surface area contributed by atoms with Crippen molar-refractivity contribution in [1.29, 1.82) is 0 Å². The lowest BCUT2D eigenvalue weighted by Crippen LogP contribution is -2.39. The highest BCUT2D eigenvalue weighted by atomic mass is 16.2. The number of nitrogens with one attached hydrogen (secondary N) is 3. The van der Waals surface area contributed by atoms with E-state index in [0.717, 1.165) is 50.4 Å². The zero-order valence-corrected chi connectivity index (χ0v) is 18.1. The standard InChI is InChI=1S/C23H36N4O2/c1-16(2)24-22(28)20-15-19(26-23(29)25-18-7-5-4-6-8-18)9-10-21(20)27-13-11-17(3)12-14-27/h9-10,15-18H,4-8,11-14H2,1-3H3,(H,24,28)(H2,25,26,29). The Morgan fingerprint density at radius 2 is 1.72 bits per heavy atom. The molecule has 1 saturated heterocycles. The zero-order chi connectivity index (χ0) is 20.8. The summed E-state index contributed by atoms with van der Waals surface area (Å²) in [5, 5.41) is 9.00. The molecule has 6 heteroatoms. The number of amides is 3. The van der Waals surface area contributed by atoms with Crippen LogP contribution in [0.5, 0.6) is 0 Å². The van der Waals surface area contributed by atoms with E-state index < -0.39 is 0 Å². The van der Waals surface area contributed by atoms with Crippen LogP contribution in [0.2, 0.25) is 0 Å². The molecule has 3 rings (SSSR count). The zero-order valence-electron chi connectivity index (χ0n) is 18.1. The molecule has 29 heavy (non-hydrogen) atoms. The van der Waals surface area contributed by atoms with Gasteiger partial charge in [0, 0.05) is 36.5 Å². The number of piperidine rings is 1. The Kier molecular flexibility index (Phi) is 7.40. The lowest BCUT2D eigenvalue weighted by molar-refractivity contribution is 0.0943. The van der Waals surface area contributed by atoms with Crippen molar-refractivity contribution in [2.24, 2.45) is 5.92 Å². The van der Waals surface area contributed by atoms with Crippen molar-refractivity contribution < 1.29 is 9.59 Å². The molecule has 1 aliphatic heterocycles. The van der Waals surface area contributed by atoms with Crippen molar-refractivity contribution in [1.82, 2.24) is 10.6 Å². The molecule has 0 spiro atoms. The van der Waals surface area contributed by atoms with Crippen LogP contribution >= 0.6 is 0 Å². The topological polar surface area (TPSA) is 73.5 Å². The molecule has 160 valence electrons. The van der Waals surface area contributed by atoms with Gasteiger partial charge < -0.3 is 20.9 Å². The van der Waals surface area contributed by atoms with Gasteiger partial charge in [0.1, 0.15) is 0 Å². The first-order valence-electron chi connectivity index (χ1n) is 11.2. The molecule has 2 aliphatic rings. The molecular formula is C23H36N4O2. The van der Waals surface area contributed by atoms with Gasteiger partial charge in [-0.2, -0.15) is 0 Å². The van der Waals surface area contributed by atoms with E-state index in [-0.39, 0.29) is 24.0 Å². The highest BCUT2D eigenvalue weighted by molar-refractivity contribution is 6.02. The van der Waals surface area contributed by atoms with Gasteiger partial charge in [-0.1, -0.05) is 26.2 Å². The third-order valence-corrected chi connectivity index (χ3v) is 5.98. The first kappa shape index (κ1) is 21.5. The highest BCUT2D eigenvalue weighted by Gasteiger charge is 2.22. The molecule has 0 aromatic heterocycles. The number of carbonyl (C=O) groups is 2. The van der Waals surface area contributed by atoms with Gasteiger partial charge in [-0.3, -0.25) is 4.79 Å². The Labute approximate surface area is 174 Å². The molecule has 6 nitrogen and oxygen atoms in total. The molecule has 3 amide bonds. The summed E-state index contributed by atoms with van der Waals surface area (Å²) in [6, 6.07) is 5.81. The minimum Gasteiger partial charge on any atom is -0.371 e. The normalized spacial score (nSPS) is 18.6. The number of anilines is 2. The van der Waals surface area contributed by atoms with Crippen molar-refractivity contribution in [2.75, 3.05) is 23.3 Å². The highest BCUT2D eigenvalue weighted by Crippen LogP contribution is 2.29. The number of benzene rings is 1. The number of hydrogen-bond acceptors (Lipinski definition) is 3. The van der Waals surface area contributed by atoms with Gasteiger partial charge in [0.05, 0.1) is 5.56 Å². The van der Waals surface area contributed by atoms with Crippen molar-refractivity contribution in [3.05, 3.63) is 23.8 Å². The molecule has 2 fully saturated rings. The summed E-state index contributed by atoms with van der Waals surface area (Å²) in [6.45, 7) is 8.11. The van der Waals surface area contributed by atoms with Crippen LogP contribution in [0.3, 0.4) is 0 Å². The Morgan fingerprint density at radius 3 is 2.38 bits per heavy atom. The molecule has 0 radical (unpaired) electrons. The quantitative estimate of drug-likeness (QED) is 0.680. The summed E-state index contributed by atoms with van der Waals surface area (Å²) in [6.07, 6.45) is 7.96. The second-order valence-electron chi connectivity index (χ2n) is 8.96. The van der Waals surface area contributed by atoms with E-state index in [1.807, 2.05) is 32.0 Å². The van der Waals surface area contributed by atoms with Crippen LogP contribution in [-0.4, -0.2) is 37.1 Å². The van der Waals surface area contributed by atoms with Crippen LogP contribution in [0, 0.1) is 5.92 Å². The van der Waals surface area contributed by atoms with Crippen LogP contribution in [-0.2, 0) is 0 Å². The van der Waals surface area contributed by atoms with Crippen molar-refractivity contribution in [2.45, 2.75) is 77.8 Å². The van der Waals surface area contributed by atoms with E-state index in [1.54, 1.807) is 0 Å². The van der Waals surface area contributed by atoms with E-state index >= 15 is 0 Å². The van der Waals surface area contributed by atoms with E-state index in [1.165, 1.54) is 19.3 Å². The maximum atomic E-state index is 12.9. The van der Waals surface area contributed by atoms with Gasteiger partial charge in [0.15, 0.2) is 0 Å². The van der Waals surface area contributed by atoms with Gasteiger partial charge in [-0.05, 0) is 63.6 Å². The molecule has 3 N–H and O–H groups in total. The number of rotatable bonds is 5. The summed E-state index contributed by atoms with van der Waals surface area (Å²) >= 11 is 0. The Balaban J connectivity index is 1.74. The summed E-state index contributed by atoms with van der Waals surface area (Å²) in [5.74, 6) is 0.633. The van der Waals surface area contributed by atoms with Crippen molar-refractivity contribution >= 4 is 23.3 Å². The molecule has 1 aliphatic carbocycles. The monoisotopic (exact) mass is 400 g/mol. The summed E-state index contributed by atoms with van der Waals surface area (Å²) in [4.78, 5) is 27.6. The van der Waals surface area contributed by atoms with Gasteiger partial charge in [-0.25, -0.2) is 4.79 Å². The molecular weight excluding hydrogens is 364 g/mol. The van der Waals surface area contributed by atoms with Gasteiger partial charge in [0.2, 0.25) is 0 Å². The minimum atomic E-state index is -0.188. The van der Waals surface area contributed by atoms with E-state index in [9.17, 15) is 9.59 Å². The third-order valence-electron chi connectivity index (χ3n) is 5.98. The molecule has 1 aromatic rings. The van der Waals surface area contributed by atoms with E-state index in [4.69, 9.17) is 0 Å². The second kappa shape index (κ2) is 9.99. The van der Waals surface area contributed by atoms with Crippen LogP contribution in [0.25, 0.3) is 0 Å². The minimum absolute atomic E-state index is 0.0583. The van der Waals surface area contributed by atoms with E-state index in [0.29, 0.717) is 11.3 Å². The number of nitrogens with zero attached hydrogens (tertiary/aromatic N) is 1. The average molecular weight is 401 g/mol. The predicted octanol–water partition coefficient (Wildman–Crippen LogP) is 4.52. The number of carbonyl (C=O) groups excluding carboxylic acids is 2. The number of urea groups is 1. The lowest BCUT2D eigenvalue weighted by atomic mass is 9.96. The average Bonchev–Trinajstić information content (AvgIpc) is 2.69. The lowest BCUT2D eigenvalue weighted by Gasteiger charge is -2.33. The molecule has 0 atom stereocenters. The number of hydrogen-bond donors (Lipinski definition) is 3. The molecule has 0 unspecified atom stereocenters. The SMILES string of the molecule is CC1CCN(c2ccc(NC(=O)NC3CCCCC3)cc2C(=O)NC(C)C)CC1. The van der Waals surface area contributed by atoms with Crippen LogP contribution in [0.15, 0.2) is 18.2 Å². The Hall–Kier alpha value is -2.24. The van der Waals surface area contributed by atoms with Crippen LogP contribution in [0.1, 0.15) is 76.1 Å². The summed E-state index contributed by atoms with van der Waals surface area (Å²) in [5.41, 5.74) is 2.23. The fourth-order valence-corrected chi connectivity index (χ4v) is 4.26. The Bertz CT molecular complexity index is 705. The first-order chi connectivity index (χ1) is 13.9. The smallest absolute Gasteiger partial charge is 0.319 e. The molecule has 1 aromatic carbocycles. The third kappa shape index (κ3) is 6.12. The largest absolute Gasteiger partial charge is 0.371 e. The van der Waals surface area contributed by atoms with Gasteiger partial charge in [0.25, 0.3) is 5.91 Å². The van der Waals surface area contributed by atoms with Crippen molar-refractivity contribution in [3.63, 3.8) is 0 Å².